The van der Waals surface area contributed by atoms with E-state index in [9.17, 15) is 9.59 Å². The SMILES string of the molecule is C[C@H](NC(=O)CCc1ccco1)C(=O)N1CCN(Cc2ccccc2)CC1. The largest absolute Gasteiger partial charge is 0.469 e. The van der Waals surface area contributed by atoms with E-state index < -0.39 is 6.04 Å². The van der Waals surface area contributed by atoms with Gasteiger partial charge in [-0.15, -0.1) is 0 Å². The molecule has 2 aromatic rings. The molecule has 0 spiro atoms. The highest BCUT2D eigenvalue weighted by Gasteiger charge is 2.25. The van der Waals surface area contributed by atoms with E-state index in [0.717, 1.165) is 25.4 Å². The zero-order valence-corrected chi connectivity index (χ0v) is 15.8. The van der Waals surface area contributed by atoms with Crippen LogP contribution in [0.1, 0.15) is 24.7 Å². The molecule has 2 heterocycles. The number of furan rings is 1. The Labute approximate surface area is 160 Å². The molecule has 0 radical (unpaired) electrons. The zero-order chi connectivity index (χ0) is 19.1. The van der Waals surface area contributed by atoms with Crippen LogP contribution in [0.25, 0.3) is 0 Å². The summed E-state index contributed by atoms with van der Waals surface area (Å²) in [6, 6.07) is 13.5. The van der Waals surface area contributed by atoms with Gasteiger partial charge in [-0.1, -0.05) is 30.3 Å². The van der Waals surface area contributed by atoms with Crippen LogP contribution in [0, 0.1) is 0 Å². The second-order valence-electron chi connectivity index (χ2n) is 6.96. The van der Waals surface area contributed by atoms with Crippen molar-refractivity contribution in [3.8, 4) is 0 Å². The summed E-state index contributed by atoms with van der Waals surface area (Å²) in [5, 5.41) is 2.81. The Morgan fingerprint density at radius 3 is 2.48 bits per heavy atom. The molecular formula is C21H27N3O3. The molecule has 0 unspecified atom stereocenters. The molecule has 2 amide bonds. The van der Waals surface area contributed by atoms with E-state index in [0.29, 0.717) is 25.9 Å². The van der Waals surface area contributed by atoms with Crippen LogP contribution in [0.2, 0.25) is 0 Å². The molecule has 6 nitrogen and oxygen atoms in total. The standard InChI is InChI=1S/C21H27N3O3/c1-17(22-20(25)10-9-19-8-5-15-27-19)21(26)24-13-11-23(12-14-24)16-18-6-3-2-4-7-18/h2-8,15,17H,9-14,16H2,1H3,(H,22,25)/t17-/m0/s1. The monoisotopic (exact) mass is 369 g/mol. The Bertz CT molecular complexity index is 722. The van der Waals surface area contributed by atoms with Crippen molar-refractivity contribution < 1.29 is 14.0 Å². The second kappa shape index (κ2) is 9.37. The Balaban J connectivity index is 1.39. The van der Waals surface area contributed by atoms with Crippen molar-refractivity contribution >= 4 is 11.8 Å². The lowest BCUT2D eigenvalue weighted by Crippen LogP contribution is -2.53. The minimum absolute atomic E-state index is 0.0132. The van der Waals surface area contributed by atoms with Crippen molar-refractivity contribution in [2.45, 2.75) is 32.4 Å². The zero-order valence-electron chi connectivity index (χ0n) is 15.8. The lowest BCUT2D eigenvalue weighted by Gasteiger charge is -2.36. The number of aryl methyl sites for hydroxylation is 1. The van der Waals surface area contributed by atoms with Crippen LogP contribution in [-0.2, 0) is 22.6 Å². The first kappa shape index (κ1) is 19.2. The first-order valence-electron chi connectivity index (χ1n) is 9.48. The maximum Gasteiger partial charge on any atom is 0.244 e. The quantitative estimate of drug-likeness (QED) is 0.811. The van der Waals surface area contributed by atoms with Crippen molar-refractivity contribution in [1.29, 1.82) is 0 Å². The van der Waals surface area contributed by atoms with E-state index in [2.05, 4.69) is 22.3 Å². The smallest absolute Gasteiger partial charge is 0.244 e. The third-order valence-corrected chi connectivity index (χ3v) is 4.86. The van der Waals surface area contributed by atoms with Crippen molar-refractivity contribution in [2.24, 2.45) is 0 Å². The first-order chi connectivity index (χ1) is 13.1. The number of hydrogen-bond acceptors (Lipinski definition) is 4. The molecular weight excluding hydrogens is 342 g/mol. The average Bonchev–Trinajstić information content (AvgIpc) is 3.21. The van der Waals surface area contributed by atoms with Crippen molar-refractivity contribution in [2.75, 3.05) is 26.2 Å². The lowest BCUT2D eigenvalue weighted by molar-refractivity contribution is -0.137. The van der Waals surface area contributed by atoms with Gasteiger partial charge in [0.25, 0.3) is 0 Å². The molecule has 1 aromatic heterocycles. The van der Waals surface area contributed by atoms with Gasteiger partial charge >= 0.3 is 0 Å². The Morgan fingerprint density at radius 1 is 1.07 bits per heavy atom. The molecule has 144 valence electrons. The Kier molecular flexibility index (Phi) is 6.65. The number of amides is 2. The number of piperazine rings is 1. The van der Waals surface area contributed by atoms with Gasteiger partial charge in [-0.05, 0) is 24.6 Å². The lowest BCUT2D eigenvalue weighted by atomic mass is 10.2. The third kappa shape index (κ3) is 5.69. The van der Waals surface area contributed by atoms with Crippen LogP contribution in [0.5, 0.6) is 0 Å². The van der Waals surface area contributed by atoms with Gasteiger partial charge in [0, 0.05) is 45.6 Å². The maximum absolute atomic E-state index is 12.6. The number of rotatable bonds is 7. The molecule has 27 heavy (non-hydrogen) atoms. The topological polar surface area (TPSA) is 65.8 Å². The number of benzene rings is 1. The van der Waals surface area contributed by atoms with Crippen molar-refractivity contribution in [3.63, 3.8) is 0 Å². The summed E-state index contributed by atoms with van der Waals surface area (Å²) in [6.07, 6.45) is 2.45. The van der Waals surface area contributed by atoms with Crippen LogP contribution in [0.15, 0.2) is 53.1 Å². The highest BCUT2D eigenvalue weighted by Crippen LogP contribution is 2.10. The molecule has 1 N–H and O–H groups in total. The number of carbonyl (C=O) groups is 2. The van der Waals surface area contributed by atoms with E-state index in [1.165, 1.54) is 5.56 Å². The average molecular weight is 369 g/mol. The predicted octanol–water partition coefficient (Wildman–Crippen LogP) is 2.06. The number of carbonyl (C=O) groups excluding carboxylic acids is 2. The molecule has 1 aliphatic heterocycles. The van der Waals surface area contributed by atoms with Crippen LogP contribution < -0.4 is 5.32 Å². The molecule has 1 fully saturated rings. The molecule has 1 atom stereocenters. The van der Waals surface area contributed by atoms with E-state index in [1.54, 1.807) is 19.3 Å². The Morgan fingerprint density at radius 2 is 1.81 bits per heavy atom. The van der Waals surface area contributed by atoms with Crippen LogP contribution >= 0.6 is 0 Å². The summed E-state index contributed by atoms with van der Waals surface area (Å²) in [5.74, 6) is 0.634. The van der Waals surface area contributed by atoms with Crippen LogP contribution in [0.3, 0.4) is 0 Å². The molecule has 0 bridgehead atoms. The van der Waals surface area contributed by atoms with Crippen molar-refractivity contribution in [1.82, 2.24) is 15.1 Å². The normalized spacial score (nSPS) is 16.1. The van der Waals surface area contributed by atoms with Gasteiger partial charge < -0.3 is 14.6 Å². The van der Waals surface area contributed by atoms with Gasteiger partial charge in [0.15, 0.2) is 0 Å². The van der Waals surface area contributed by atoms with E-state index in [1.807, 2.05) is 29.2 Å². The Hall–Kier alpha value is -2.60. The fraction of sp³-hybridized carbons (Fsp3) is 0.429. The number of nitrogens with zero attached hydrogens (tertiary/aromatic N) is 2. The van der Waals surface area contributed by atoms with Gasteiger partial charge in [-0.25, -0.2) is 0 Å². The summed E-state index contributed by atoms with van der Waals surface area (Å²) in [7, 11) is 0. The highest BCUT2D eigenvalue weighted by atomic mass is 16.3. The molecule has 6 heteroatoms. The molecule has 1 saturated heterocycles. The third-order valence-electron chi connectivity index (χ3n) is 4.86. The second-order valence-corrected chi connectivity index (χ2v) is 6.96. The summed E-state index contributed by atoms with van der Waals surface area (Å²) < 4.78 is 5.22. The summed E-state index contributed by atoms with van der Waals surface area (Å²) in [6.45, 7) is 5.74. The van der Waals surface area contributed by atoms with Crippen LogP contribution in [-0.4, -0.2) is 53.8 Å². The molecule has 3 rings (SSSR count). The molecule has 1 aliphatic rings. The fourth-order valence-corrected chi connectivity index (χ4v) is 3.31. The number of hydrogen-bond donors (Lipinski definition) is 1. The van der Waals surface area contributed by atoms with Gasteiger partial charge in [0.1, 0.15) is 11.8 Å². The summed E-state index contributed by atoms with van der Waals surface area (Å²) in [5.41, 5.74) is 1.29. The van der Waals surface area contributed by atoms with Gasteiger partial charge in [-0.2, -0.15) is 0 Å². The molecule has 0 aliphatic carbocycles. The minimum atomic E-state index is -0.505. The van der Waals surface area contributed by atoms with Gasteiger partial charge in [0.05, 0.1) is 6.26 Å². The van der Waals surface area contributed by atoms with Gasteiger partial charge in [-0.3, -0.25) is 14.5 Å². The van der Waals surface area contributed by atoms with Crippen molar-refractivity contribution in [3.05, 3.63) is 60.1 Å². The highest BCUT2D eigenvalue weighted by molar-refractivity contribution is 5.87. The summed E-state index contributed by atoms with van der Waals surface area (Å²) in [4.78, 5) is 28.9. The van der Waals surface area contributed by atoms with Gasteiger partial charge in [0.2, 0.25) is 11.8 Å². The number of nitrogens with one attached hydrogen (secondary N) is 1. The first-order valence-corrected chi connectivity index (χ1v) is 9.48. The van der Waals surface area contributed by atoms with E-state index in [4.69, 9.17) is 4.42 Å². The predicted molar refractivity (Wildman–Crippen MR) is 103 cm³/mol. The molecule has 1 aromatic carbocycles. The fourth-order valence-electron chi connectivity index (χ4n) is 3.31. The van der Waals surface area contributed by atoms with E-state index >= 15 is 0 Å². The molecule has 0 saturated carbocycles. The van der Waals surface area contributed by atoms with Crippen LogP contribution in [0.4, 0.5) is 0 Å². The minimum Gasteiger partial charge on any atom is -0.469 e. The summed E-state index contributed by atoms with van der Waals surface area (Å²) >= 11 is 0. The van der Waals surface area contributed by atoms with E-state index in [-0.39, 0.29) is 11.8 Å². The maximum atomic E-state index is 12.6.